The third-order valence-electron chi connectivity index (χ3n) is 7.40. The fourth-order valence-corrected chi connectivity index (χ4v) is 6.56. The monoisotopic (exact) mass is 570 g/mol. The molecule has 6 rings (SSSR count). The number of para-hydroxylation sites is 1. The molecule has 41 heavy (non-hydrogen) atoms. The Balaban J connectivity index is 1.26. The molecule has 10 nitrogen and oxygen atoms in total. The van der Waals surface area contributed by atoms with Crippen molar-refractivity contribution in [1.82, 2.24) is 15.6 Å². The maximum atomic E-state index is 13.5. The van der Waals surface area contributed by atoms with Crippen LogP contribution in [0.25, 0.3) is 10.2 Å². The Bertz CT molecular complexity index is 1640. The maximum absolute atomic E-state index is 13.5. The minimum Gasteiger partial charge on any atom is -0.457 e. The van der Waals surface area contributed by atoms with Gasteiger partial charge in [0.15, 0.2) is 0 Å². The van der Waals surface area contributed by atoms with Gasteiger partial charge in [0.1, 0.15) is 21.2 Å². The molecule has 2 atom stereocenters. The van der Waals surface area contributed by atoms with Crippen LogP contribution in [0, 0.1) is 6.92 Å². The number of nitrogens with one attached hydrogen (secondary N) is 3. The molecule has 5 N–H and O–H groups in total. The molecule has 1 aliphatic heterocycles. The van der Waals surface area contributed by atoms with Gasteiger partial charge in [0.2, 0.25) is 5.91 Å². The zero-order chi connectivity index (χ0) is 28.5. The SMILES string of the molecule is Cc1cc(Oc2ccccc2)ccc1N1C(=O)Nc2c(C(=O)N[C@H]3CCC[C@H](NC(=O)CN)C3)sc3nccc1c23. The second-order valence-electron chi connectivity index (χ2n) is 10.3. The standard InChI is InChI=1S/C30H30N6O4S/c1-17-14-21(40-20-8-3-2-4-9-20)10-11-22(17)36-23-12-13-32-29-25(23)26(35-30(36)39)27(41-29)28(38)34-19-7-5-6-18(15-19)33-24(37)16-31/h2-4,8-14,18-19H,5-7,15-16,31H2,1H3,(H,33,37)(H,34,38)(H,35,39)/t18-,19-/m0/s1. The quantitative estimate of drug-likeness (QED) is 0.241. The van der Waals surface area contributed by atoms with E-state index in [9.17, 15) is 14.4 Å². The highest BCUT2D eigenvalue weighted by Crippen LogP contribution is 2.46. The van der Waals surface area contributed by atoms with Crippen molar-refractivity contribution in [3.8, 4) is 11.5 Å². The van der Waals surface area contributed by atoms with Gasteiger partial charge in [0.05, 0.1) is 29.0 Å². The second-order valence-corrected chi connectivity index (χ2v) is 11.3. The van der Waals surface area contributed by atoms with Gasteiger partial charge in [-0.1, -0.05) is 18.2 Å². The Labute approximate surface area is 240 Å². The van der Waals surface area contributed by atoms with Gasteiger partial charge >= 0.3 is 6.03 Å². The summed E-state index contributed by atoms with van der Waals surface area (Å²) in [6.45, 7) is 1.87. The van der Waals surface area contributed by atoms with E-state index >= 15 is 0 Å². The molecular formula is C30H30N6O4S. The Hall–Kier alpha value is -4.48. The van der Waals surface area contributed by atoms with Crippen LogP contribution in [0.15, 0.2) is 60.8 Å². The zero-order valence-corrected chi connectivity index (χ0v) is 23.3. The van der Waals surface area contributed by atoms with E-state index < -0.39 is 0 Å². The highest BCUT2D eigenvalue weighted by Gasteiger charge is 2.34. The molecule has 210 valence electrons. The van der Waals surface area contributed by atoms with Crippen molar-refractivity contribution in [3.05, 3.63) is 71.2 Å². The average Bonchev–Trinajstić information content (AvgIpc) is 3.34. The summed E-state index contributed by atoms with van der Waals surface area (Å²) < 4.78 is 5.97. The molecule has 4 amide bonds. The van der Waals surface area contributed by atoms with Crippen molar-refractivity contribution in [2.75, 3.05) is 16.8 Å². The van der Waals surface area contributed by atoms with E-state index in [0.717, 1.165) is 36.0 Å². The summed E-state index contributed by atoms with van der Waals surface area (Å²) >= 11 is 1.25. The predicted octanol–water partition coefficient (Wildman–Crippen LogP) is 5.20. The van der Waals surface area contributed by atoms with Crippen LogP contribution in [0.3, 0.4) is 0 Å². The summed E-state index contributed by atoms with van der Waals surface area (Å²) in [5.41, 5.74) is 8.12. The molecule has 0 radical (unpaired) electrons. The molecule has 0 saturated heterocycles. The third-order valence-corrected chi connectivity index (χ3v) is 8.50. The van der Waals surface area contributed by atoms with E-state index in [1.165, 1.54) is 11.3 Å². The molecule has 0 unspecified atom stereocenters. The first-order valence-electron chi connectivity index (χ1n) is 13.6. The first-order valence-corrected chi connectivity index (χ1v) is 14.4. The number of hydrogen-bond acceptors (Lipinski definition) is 7. The van der Waals surface area contributed by atoms with Crippen LogP contribution in [-0.4, -0.2) is 41.5 Å². The lowest BCUT2D eigenvalue weighted by Crippen LogP contribution is -2.47. The first kappa shape index (κ1) is 26.7. The van der Waals surface area contributed by atoms with Crippen LogP contribution in [0.4, 0.5) is 21.9 Å². The number of urea groups is 1. The van der Waals surface area contributed by atoms with Crippen molar-refractivity contribution in [2.45, 2.75) is 44.7 Å². The predicted molar refractivity (Wildman–Crippen MR) is 159 cm³/mol. The number of amides is 4. The van der Waals surface area contributed by atoms with Crippen LogP contribution in [-0.2, 0) is 4.79 Å². The minimum atomic E-state index is -0.362. The van der Waals surface area contributed by atoms with Crippen LogP contribution in [0.5, 0.6) is 11.5 Å². The van der Waals surface area contributed by atoms with Crippen molar-refractivity contribution in [1.29, 1.82) is 0 Å². The smallest absolute Gasteiger partial charge is 0.331 e. The number of pyridine rings is 1. The van der Waals surface area contributed by atoms with Gasteiger partial charge in [-0.2, -0.15) is 0 Å². The Morgan fingerprint density at radius 3 is 2.61 bits per heavy atom. The number of nitrogens with two attached hydrogens (primary N) is 1. The van der Waals surface area contributed by atoms with Gasteiger partial charge in [-0.05, 0) is 74.6 Å². The lowest BCUT2D eigenvalue weighted by atomic mass is 9.91. The van der Waals surface area contributed by atoms with Crippen molar-refractivity contribution in [3.63, 3.8) is 0 Å². The molecule has 2 aromatic carbocycles. The van der Waals surface area contributed by atoms with Crippen molar-refractivity contribution >= 4 is 56.5 Å². The number of benzene rings is 2. The molecule has 3 heterocycles. The Kier molecular flexibility index (Phi) is 7.29. The normalized spacial score (nSPS) is 18.1. The topological polar surface area (TPSA) is 139 Å². The summed E-state index contributed by atoms with van der Waals surface area (Å²) in [4.78, 5) is 45.9. The van der Waals surface area contributed by atoms with Crippen LogP contribution < -0.4 is 31.3 Å². The molecule has 2 aromatic heterocycles. The van der Waals surface area contributed by atoms with Gasteiger partial charge in [0, 0.05) is 18.3 Å². The zero-order valence-electron chi connectivity index (χ0n) is 22.5. The molecule has 1 aliphatic carbocycles. The third kappa shape index (κ3) is 5.33. The molecule has 1 fully saturated rings. The number of carbonyl (C=O) groups excluding carboxylic acids is 3. The number of anilines is 3. The average molecular weight is 571 g/mol. The van der Waals surface area contributed by atoms with Crippen LogP contribution >= 0.6 is 11.3 Å². The Morgan fingerprint density at radius 1 is 1.07 bits per heavy atom. The number of aromatic nitrogens is 1. The molecule has 0 bridgehead atoms. The second kappa shape index (κ2) is 11.2. The van der Waals surface area contributed by atoms with Gasteiger partial charge in [-0.25, -0.2) is 9.78 Å². The van der Waals surface area contributed by atoms with Gasteiger partial charge < -0.3 is 26.4 Å². The number of thiophene rings is 1. The maximum Gasteiger partial charge on any atom is 0.331 e. The first-order chi connectivity index (χ1) is 19.9. The summed E-state index contributed by atoms with van der Waals surface area (Å²) in [6.07, 6.45) is 4.83. The summed E-state index contributed by atoms with van der Waals surface area (Å²) in [6, 6.07) is 16.4. The lowest BCUT2D eigenvalue weighted by Gasteiger charge is -2.31. The lowest BCUT2D eigenvalue weighted by molar-refractivity contribution is -0.120. The highest BCUT2D eigenvalue weighted by molar-refractivity contribution is 7.21. The van der Waals surface area contributed by atoms with Crippen molar-refractivity contribution in [2.24, 2.45) is 5.73 Å². The molecular weight excluding hydrogens is 540 g/mol. The molecule has 1 saturated carbocycles. The van der Waals surface area contributed by atoms with Gasteiger partial charge in [-0.3, -0.25) is 14.5 Å². The molecule has 4 aromatic rings. The van der Waals surface area contributed by atoms with Crippen molar-refractivity contribution < 1.29 is 19.1 Å². The fraction of sp³-hybridized carbons (Fsp3) is 0.267. The summed E-state index contributed by atoms with van der Waals surface area (Å²) in [5, 5.41) is 9.72. The van der Waals surface area contributed by atoms with Gasteiger partial charge in [0.25, 0.3) is 5.91 Å². The minimum absolute atomic E-state index is 0.0277. The Morgan fingerprint density at radius 2 is 1.85 bits per heavy atom. The van der Waals surface area contributed by atoms with E-state index in [4.69, 9.17) is 10.5 Å². The van der Waals surface area contributed by atoms with Crippen LogP contribution in [0.2, 0.25) is 0 Å². The fourth-order valence-electron chi connectivity index (χ4n) is 5.54. The van der Waals surface area contributed by atoms with Crippen LogP contribution in [0.1, 0.15) is 40.9 Å². The number of rotatable bonds is 7. The number of nitrogens with zero attached hydrogens (tertiary/aromatic N) is 2. The summed E-state index contributed by atoms with van der Waals surface area (Å²) in [7, 11) is 0. The van der Waals surface area contributed by atoms with E-state index in [1.54, 1.807) is 17.2 Å². The van der Waals surface area contributed by atoms with E-state index in [2.05, 4.69) is 20.9 Å². The number of carbonyl (C=O) groups is 3. The van der Waals surface area contributed by atoms with E-state index in [0.29, 0.717) is 38.9 Å². The number of aryl methyl sites for hydroxylation is 1. The molecule has 11 heteroatoms. The number of hydrogen-bond donors (Lipinski definition) is 4. The molecule has 2 aliphatic rings. The van der Waals surface area contributed by atoms with E-state index in [-0.39, 0.29) is 36.5 Å². The summed E-state index contributed by atoms with van der Waals surface area (Å²) in [5.74, 6) is 0.925. The highest BCUT2D eigenvalue weighted by atomic mass is 32.1. The van der Waals surface area contributed by atoms with E-state index in [1.807, 2.05) is 55.5 Å². The largest absolute Gasteiger partial charge is 0.457 e. The van der Waals surface area contributed by atoms with Gasteiger partial charge in [-0.15, -0.1) is 11.3 Å². The molecule has 0 spiro atoms. The number of ether oxygens (including phenoxy) is 1.